The Balaban J connectivity index is 2.18. The molecular weight excluding hydrogens is 309 g/mol. The number of halogens is 2. The van der Waals surface area contributed by atoms with Crippen molar-refractivity contribution in [1.82, 2.24) is 4.90 Å². The monoisotopic (exact) mass is 321 g/mol. The largest absolute Gasteiger partial charge is 0.337 e. The standard InChI is InChI=1S/C12H13Cl2NO3S/c1-19(17,18)11-2-3-15(7-11)12(16)8-4-9(13)6-10(14)5-8/h4-6,11H,2-3,7H2,1H3. The zero-order valence-corrected chi connectivity index (χ0v) is 12.6. The van der Waals surface area contributed by atoms with Crippen LogP contribution in [-0.4, -0.2) is 43.8 Å². The number of hydrogen-bond donors (Lipinski definition) is 0. The Hall–Kier alpha value is -0.780. The molecule has 4 nitrogen and oxygen atoms in total. The van der Waals surface area contributed by atoms with Crippen LogP contribution in [0.2, 0.25) is 10.0 Å². The van der Waals surface area contributed by atoms with Gasteiger partial charge in [0, 0.05) is 35.0 Å². The summed E-state index contributed by atoms with van der Waals surface area (Å²) in [4.78, 5) is 13.8. The van der Waals surface area contributed by atoms with E-state index in [2.05, 4.69) is 0 Å². The normalized spacial score (nSPS) is 19.7. The van der Waals surface area contributed by atoms with Gasteiger partial charge in [0.1, 0.15) is 0 Å². The number of benzene rings is 1. The molecule has 0 spiro atoms. The summed E-state index contributed by atoms with van der Waals surface area (Å²) in [5, 5.41) is 0.288. The Morgan fingerprint density at radius 1 is 1.26 bits per heavy atom. The summed E-state index contributed by atoms with van der Waals surface area (Å²) < 4.78 is 22.9. The van der Waals surface area contributed by atoms with Gasteiger partial charge in [-0.05, 0) is 24.6 Å². The molecule has 2 rings (SSSR count). The van der Waals surface area contributed by atoms with E-state index in [0.717, 1.165) is 0 Å². The third kappa shape index (κ3) is 3.41. The summed E-state index contributed by atoms with van der Waals surface area (Å²) in [6.45, 7) is 0.655. The van der Waals surface area contributed by atoms with Crippen molar-refractivity contribution >= 4 is 38.9 Å². The zero-order valence-electron chi connectivity index (χ0n) is 10.3. The van der Waals surface area contributed by atoms with Crippen LogP contribution in [0, 0.1) is 0 Å². The molecule has 0 saturated carbocycles. The number of nitrogens with zero attached hydrogens (tertiary/aromatic N) is 1. The molecule has 0 bridgehead atoms. The fourth-order valence-corrected chi connectivity index (χ4v) is 3.63. The first-order valence-electron chi connectivity index (χ1n) is 5.71. The summed E-state index contributed by atoms with van der Waals surface area (Å²) in [6, 6.07) is 4.61. The van der Waals surface area contributed by atoms with Crippen LogP contribution in [0.5, 0.6) is 0 Å². The Morgan fingerprint density at radius 2 is 1.84 bits per heavy atom. The molecule has 19 heavy (non-hydrogen) atoms. The van der Waals surface area contributed by atoms with Crippen molar-refractivity contribution in [2.24, 2.45) is 0 Å². The molecule has 7 heteroatoms. The highest BCUT2D eigenvalue weighted by molar-refractivity contribution is 7.91. The van der Waals surface area contributed by atoms with E-state index in [0.29, 0.717) is 28.6 Å². The van der Waals surface area contributed by atoms with Crippen LogP contribution in [-0.2, 0) is 9.84 Å². The highest BCUT2D eigenvalue weighted by Crippen LogP contribution is 2.23. The summed E-state index contributed by atoms with van der Waals surface area (Å²) in [5.74, 6) is -0.240. The number of sulfone groups is 1. The van der Waals surface area contributed by atoms with Gasteiger partial charge in [-0.15, -0.1) is 0 Å². The topological polar surface area (TPSA) is 54.5 Å². The first-order valence-corrected chi connectivity index (χ1v) is 8.42. The molecule has 0 aromatic heterocycles. The summed E-state index contributed by atoms with van der Waals surface area (Å²) in [6.07, 6.45) is 1.67. The second kappa shape index (κ2) is 5.31. The number of carbonyl (C=O) groups is 1. The van der Waals surface area contributed by atoms with Crippen molar-refractivity contribution in [3.63, 3.8) is 0 Å². The molecule has 1 saturated heterocycles. The van der Waals surface area contributed by atoms with Gasteiger partial charge in [0.15, 0.2) is 9.84 Å². The predicted octanol–water partition coefficient (Wildman–Crippen LogP) is 2.25. The first kappa shape index (κ1) is 14.6. The van der Waals surface area contributed by atoms with Crippen molar-refractivity contribution in [2.45, 2.75) is 11.7 Å². The van der Waals surface area contributed by atoms with Crippen LogP contribution in [0.1, 0.15) is 16.8 Å². The molecule has 1 aliphatic heterocycles. The highest BCUT2D eigenvalue weighted by atomic mass is 35.5. The number of hydrogen-bond acceptors (Lipinski definition) is 3. The quantitative estimate of drug-likeness (QED) is 0.839. The lowest BCUT2D eigenvalue weighted by molar-refractivity contribution is 0.0793. The maximum atomic E-state index is 12.2. The van der Waals surface area contributed by atoms with Gasteiger partial charge in [0.2, 0.25) is 0 Å². The fourth-order valence-electron chi connectivity index (χ4n) is 2.12. The van der Waals surface area contributed by atoms with Crippen LogP contribution >= 0.6 is 23.2 Å². The molecule has 1 aromatic rings. The van der Waals surface area contributed by atoms with E-state index in [1.807, 2.05) is 0 Å². The minimum atomic E-state index is -3.11. The Labute approximate surface area is 122 Å². The average Bonchev–Trinajstić information content (AvgIpc) is 2.75. The van der Waals surface area contributed by atoms with E-state index >= 15 is 0 Å². The van der Waals surface area contributed by atoms with Crippen LogP contribution in [0.25, 0.3) is 0 Å². The molecule has 1 heterocycles. The van der Waals surface area contributed by atoms with Crippen molar-refractivity contribution in [3.05, 3.63) is 33.8 Å². The van der Waals surface area contributed by atoms with Crippen LogP contribution in [0.15, 0.2) is 18.2 Å². The van der Waals surface area contributed by atoms with Crippen LogP contribution in [0.3, 0.4) is 0 Å². The van der Waals surface area contributed by atoms with E-state index in [1.165, 1.54) is 23.3 Å². The minimum Gasteiger partial charge on any atom is -0.337 e. The van der Waals surface area contributed by atoms with E-state index in [9.17, 15) is 13.2 Å². The molecular formula is C12H13Cl2NO3S. The van der Waals surface area contributed by atoms with Crippen LogP contribution < -0.4 is 0 Å². The second-order valence-electron chi connectivity index (χ2n) is 4.65. The van der Waals surface area contributed by atoms with Gasteiger partial charge in [-0.1, -0.05) is 23.2 Å². The molecule has 1 aromatic carbocycles. The second-order valence-corrected chi connectivity index (χ2v) is 7.85. The van der Waals surface area contributed by atoms with Gasteiger partial charge in [0.25, 0.3) is 5.91 Å². The summed E-state index contributed by atoms with van der Waals surface area (Å²) >= 11 is 11.7. The van der Waals surface area contributed by atoms with Gasteiger partial charge in [-0.3, -0.25) is 4.79 Å². The van der Waals surface area contributed by atoms with E-state index in [4.69, 9.17) is 23.2 Å². The van der Waals surface area contributed by atoms with Crippen molar-refractivity contribution < 1.29 is 13.2 Å². The van der Waals surface area contributed by atoms with E-state index < -0.39 is 15.1 Å². The number of amides is 1. The maximum Gasteiger partial charge on any atom is 0.253 e. The van der Waals surface area contributed by atoms with E-state index in [-0.39, 0.29) is 12.5 Å². The number of carbonyl (C=O) groups excluding carboxylic acids is 1. The molecule has 1 fully saturated rings. The van der Waals surface area contributed by atoms with Gasteiger partial charge in [-0.25, -0.2) is 8.42 Å². The van der Waals surface area contributed by atoms with Gasteiger partial charge in [-0.2, -0.15) is 0 Å². The Bertz CT molecular complexity index is 595. The molecule has 1 unspecified atom stereocenters. The molecule has 1 atom stereocenters. The number of rotatable bonds is 2. The number of likely N-dealkylation sites (tertiary alicyclic amines) is 1. The Morgan fingerprint density at radius 3 is 2.32 bits per heavy atom. The van der Waals surface area contributed by atoms with Gasteiger partial charge >= 0.3 is 0 Å². The molecule has 1 aliphatic rings. The van der Waals surface area contributed by atoms with Crippen molar-refractivity contribution in [3.8, 4) is 0 Å². The smallest absolute Gasteiger partial charge is 0.253 e. The predicted molar refractivity (Wildman–Crippen MR) is 75.6 cm³/mol. The van der Waals surface area contributed by atoms with Crippen molar-refractivity contribution in [1.29, 1.82) is 0 Å². The molecule has 1 amide bonds. The molecule has 104 valence electrons. The SMILES string of the molecule is CS(=O)(=O)C1CCN(C(=O)c2cc(Cl)cc(Cl)c2)C1. The lowest BCUT2D eigenvalue weighted by Gasteiger charge is -2.16. The minimum absolute atomic E-state index is 0.224. The Kier molecular flexibility index (Phi) is 4.08. The average molecular weight is 322 g/mol. The third-order valence-electron chi connectivity index (χ3n) is 3.15. The first-order chi connectivity index (χ1) is 8.77. The van der Waals surface area contributed by atoms with Gasteiger partial charge in [0.05, 0.1) is 5.25 Å². The third-order valence-corrected chi connectivity index (χ3v) is 5.18. The summed E-state index contributed by atoms with van der Waals surface area (Å²) in [5.41, 5.74) is 0.381. The maximum absolute atomic E-state index is 12.2. The lowest BCUT2D eigenvalue weighted by Crippen LogP contribution is -2.31. The summed E-state index contributed by atoms with van der Waals surface area (Å²) in [7, 11) is -3.11. The molecule has 0 N–H and O–H groups in total. The van der Waals surface area contributed by atoms with Gasteiger partial charge < -0.3 is 4.90 Å². The fraction of sp³-hybridized carbons (Fsp3) is 0.417. The molecule has 0 aliphatic carbocycles. The van der Waals surface area contributed by atoms with Crippen molar-refractivity contribution in [2.75, 3.05) is 19.3 Å². The zero-order chi connectivity index (χ0) is 14.2. The van der Waals surface area contributed by atoms with Crippen LogP contribution in [0.4, 0.5) is 0 Å². The van der Waals surface area contributed by atoms with E-state index in [1.54, 1.807) is 6.07 Å². The lowest BCUT2D eigenvalue weighted by atomic mass is 10.2. The highest BCUT2D eigenvalue weighted by Gasteiger charge is 2.32. The molecule has 0 radical (unpaired) electrons.